The van der Waals surface area contributed by atoms with Gasteiger partial charge in [-0.3, -0.25) is 0 Å². The van der Waals surface area contributed by atoms with E-state index in [9.17, 15) is 9.50 Å². The quantitative estimate of drug-likeness (QED) is 0.875. The van der Waals surface area contributed by atoms with Crippen LogP contribution in [0.25, 0.3) is 0 Å². The SMILES string of the molecule is Cc1ccc(NCc2ccc(O)c(Cl)c2)cc1F. The molecular weight excluding hydrogens is 253 g/mol. The third-order valence-electron chi connectivity index (χ3n) is 2.68. The number of hydrogen-bond acceptors (Lipinski definition) is 2. The summed E-state index contributed by atoms with van der Waals surface area (Å²) in [6.45, 7) is 2.24. The Kier molecular flexibility index (Phi) is 3.72. The molecule has 0 aromatic heterocycles. The second kappa shape index (κ2) is 5.27. The highest BCUT2D eigenvalue weighted by molar-refractivity contribution is 6.32. The van der Waals surface area contributed by atoms with E-state index in [0.717, 1.165) is 5.56 Å². The average molecular weight is 266 g/mol. The first kappa shape index (κ1) is 12.7. The first-order chi connectivity index (χ1) is 8.56. The smallest absolute Gasteiger partial charge is 0.134 e. The van der Waals surface area contributed by atoms with Crippen LogP contribution in [-0.4, -0.2) is 5.11 Å². The standard InChI is InChI=1S/C14H13ClFNO/c1-9-2-4-11(7-13(9)16)17-8-10-3-5-14(18)12(15)6-10/h2-7,17-18H,8H2,1H3. The molecule has 0 radical (unpaired) electrons. The van der Waals surface area contributed by atoms with Crippen LogP contribution in [0.5, 0.6) is 5.75 Å². The van der Waals surface area contributed by atoms with Crippen molar-refractivity contribution in [3.05, 3.63) is 58.4 Å². The van der Waals surface area contributed by atoms with Crippen LogP contribution in [0.15, 0.2) is 36.4 Å². The molecule has 0 amide bonds. The maximum atomic E-state index is 13.3. The molecule has 18 heavy (non-hydrogen) atoms. The Morgan fingerprint density at radius 2 is 2.00 bits per heavy atom. The maximum Gasteiger partial charge on any atom is 0.134 e. The van der Waals surface area contributed by atoms with Gasteiger partial charge in [0, 0.05) is 12.2 Å². The van der Waals surface area contributed by atoms with E-state index in [1.54, 1.807) is 25.1 Å². The third-order valence-corrected chi connectivity index (χ3v) is 2.98. The average Bonchev–Trinajstić information content (AvgIpc) is 2.35. The van der Waals surface area contributed by atoms with E-state index in [1.807, 2.05) is 6.07 Å². The molecule has 0 saturated carbocycles. The number of phenols is 1. The van der Waals surface area contributed by atoms with E-state index in [2.05, 4.69) is 5.32 Å². The molecule has 4 heteroatoms. The Morgan fingerprint density at radius 3 is 2.67 bits per heavy atom. The lowest BCUT2D eigenvalue weighted by Gasteiger charge is -2.08. The molecule has 0 fully saturated rings. The molecule has 0 aliphatic heterocycles. The van der Waals surface area contributed by atoms with Crippen LogP contribution in [0.1, 0.15) is 11.1 Å². The fourth-order valence-electron chi connectivity index (χ4n) is 1.57. The molecule has 2 aromatic rings. The number of aryl methyl sites for hydroxylation is 1. The van der Waals surface area contributed by atoms with Crippen molar-refractivity contribution in [1.82, 2.24) is 0 Å². The largest absolute Gasteiger partial charge is 0.506 e. The number of phenolic OH excluding ortho intramolecular Hbond substituents is 1. The van der Waals surface area contributed by atoms with Gasteiger partial charge < -0.3 is 10.4 Å². The molecule has 2 aromatic carbocycles. The van der Waals surface area contributed by atoms with Crippen molar-refractivity contribution >= 4 is 17.3 Å². The predicted octanol–water partition coefficient (Wildman–Crippen LogP) is 4.11. The van der Waals surface area contributed by atoms with Crippen LogP contribution in [0, 0.1) is 12.7 Å². The van der Waals surface area contributed by atoms with Gasteiger partial charge in [-0.1, -0.05) is 23.7 Å². The van der Waals surface area contributed by atoms with E-state index in [-0.39, 0.29) is 11.6 Å². The molecule has 0 atom stereocenters. The molecule has 0 aliphatic rings. The van der Waals surface area contributed by atoms with Crippen LogP contribution in [0.4, 0.5) is 10.1 Å². The molecule has 2 nitrogen and oxygen atoms in total. The lowest BCUT2D eigenvalue weighted by atomic mass is 10.2. The summed E-state index contributed by atoms with van der Waals surface area (Å²) in [5.74, 6) is -0.175. The van der Waals surface area contributed by atoms with Gasteiger partial charge in [-0.05, 0) is 42.3 Å². The predicted molar refractivity (Wildman–Crippen MR) is 71.6 cm³/mol. The maximum absolute atomic E-state index is 13.3. The van der Waals surface area contributed by atoms with E-state index < -0.39 is 0 Å². The molecule has 2 rings (SSSR count). The molecule has 0 heterocycles. The minimum absolute atomic E-state index is 0.0572. The fourth-order valence-corrected chi connectivity index (χ4v) is 1.77. The third kappa shape index (κ3) is 2.93. The number of anilines is 1. The van der Waals surface area contributed by atoms with Gasteiger partial charge in [0.05, 0.1) is 5.02 Å². The van der Waals surface area contributed by atoms with E-state index in [0.29, 0.717) is 22.8 Å². The summed E-state index contributed by atoms with van der Waals surface area (Å²) in [6, 6.07) is 9.97. The van der Waals surface area contributed by atoms with E-state index in [1.165, 1.54) is 12.1 Å². The van der Waals surface area contributed by atoms with E-state index in [4.69, 9.17) is 11.6 Å². The highest BCUT2D eigenvalue weighted by atomic mass is 35.5. The molecular formula is C14H13ClFNO. The molecule has 94 valence electrons. The van der Waals surface area contributed by atoms with Crippen molar-refractivity contribution in [2.75, 3.05) is 5.32 Å². The van der Waals surface area contributed by atoms with Crippen LogP contribution in [0.3, 0.4) is 0 Å². The van der Waals surface area contributed by atoms with Gasteiger partial charge in [0.15, 0.2) is 0 Å². The zero-order valence-corrected chi connectivity index (χ0v) is 10.6. The van der Waals surface area contributed by atoms with Crippen LogP contribution in [-0.2, 0) is 6.54 Å². The number of hydrogen-bond donors (Lipinski definition) is 2. The molecule has 0 bridgehead atoms. The van der Waals surface area contributed by atoms with Crippen LogP contribution < -0.4 is 5.32 Å². The van der Waals surface area contributed by atoms with Gasteiger partial charge in [-0.15, -0.1) is 0 Å². The van der Waals surface area contributed by atoms with Gasteiger partial charge in [0.2, 0.25) is 0 Å². The Bertz CT molecular complexity index is 520. The van der Waals surface area contributed by atoms with Gasteiger partial charge in [-0.25, -0.2) is 4.39 Å². The molecule has 0 unspecified atom stereocenters. The Labute approximate surface area is 110 Å². The molecule has 0 saturated heterocycles. The second-order valence-electron chi connectivity index (χ2n) is 4.10. The summed E-state index contributed by atoms with van der Waals surface area (Å²) >= 11 is 5.80. The van der Waals surface area contributed by atoms with Crippen molar-refractivity contribution in [3.63, 3.8) is 0 Å². The van der Waals surface area contributed by atoms with Crippen LogP contribution >= 0.6 is 11.6 Å². The van der Waals surface area contributed by atoms with Gasteiger partial charge in [-0.2, -0.15) is 0 Å². The zero-order valence-electron chi connectivity index (χ0n) is 9.87. The summed E-state index contributed by atoms with van der Waals surface area (Å²) < 4.78 is 13.3. The number of rotatable bonds is 3. The first-order valence-corrected chi connectivity index (χ1v) is 5.91. The topological polar surface area (TPSA) is 32.3 Å². The summed E-state index contributed by atoms with van der Waals surface area (Å²) in [7, 11) is 0. The second-order valence-corrected chi connectivity index (χ2v) is 4.51. The number of benzene rings is 2. The lowest BCUT2D eigenvalue weighted by Crippen LogP contribution is -2.00. The number of halogens is 2. The van der Waals surface area contributed by atoms with Crippen LogP contribution in [0.2, 0.25) is 5.02 Å². The number of aromatic hydroxyl groups is 1. The zero-order chi connectivity index (χ0) is 13.1. The molecule has 2 N–H and O–H groups in total. The monoisotopic (exact) mass is 265 g/mol. The summed E-state index contributed by atoms with van der Waals surface area (Å²) in [4.78, 5) is 0. The van der Waals surface area contributed by atoms with Crippen molar-refractivity contribution in [2.24, 2.45) is 0 Å². The summed E-state index contributed by atoms with van der Waals surface area (Å²) in [6.07, 6.45) is 0. The minimum atomic E-state index is -0.233. The van der Waals surface area contributed by atoms with Gasteiger partial charge >= 0.3 is 0 Å². The first-order valence-electron chi connectivity index (χ1n) is 5.53. The highest BCUT2D eigenvalue weighted by Crippen LogP contribution is 2.24. The highest BCUT2D eigenvalue weighted by Gasteiger charge is 2.02. The minimum Gasteiger partial charge on any atom is -0.506 e. The molecule has 0 aliphatic carbocycles. The van der Waals surface area contributed by atoms with Crippen molar-refractivity contribution in [2.45, 2.75) is 13.5 Å². The normalized spacial score (nSPS) is 10.4. The Balaban J connectivity index is 2.06. The van der Waals surface area contributed by atoms with Gasteiger partial charge in [0.1, 0.15) is 11.6 Å². The number of nitrogens with one attached hydrogen (secondary N) is 1. The lowest BCUT2D eigenvalue weighted by molar-refractivity contribution is 0.475. The fraction of sp³-hybridized carbons (Fsp3) is 0.143. The Morgan fingerprint density at radius 1 is 1.22 bits per heavy atom. The Hall–Kier alpha value is -1.74. The summed E-state index contributed by atoms with van der Waals surface area (Å²) in [5, 5.41) is 12.7. The van der Waals surface area contributed by atoms with E-state index >= 15 is 0 Å². The molecule has 0 spiro atoms. The van der Waals surface area contributed by atoms with Gasteiger partial charge in [0.25, 0.3) is 0 Å². The van der Waals surface area contributed by atoms with Crippen molar-refractivity contribution in [1.29, 1.82) is 0 Å². The summed E-state index contributed by atoms with van der Waals surface area (Å²) in [5.41, 5.74) is 2.24. The van der Waals surface area contributed by atoms with Crippen molar-refractivity contribution < 1.29 is 9.50 Å². The van der Waals surface area contributed by atoms with Crippen molar-refractivity contribution in [3.8, 4) is 5.75 Å².